The lowest BCUT2D eigenvalue weighted by Gasteiger charge is -2.27. The van der Waals surface area contributed by atoms with Crippen LogP contribution in [-0.2, 0) is 40.8 Å². The van der Waals surface area contributed by atoms with Gasteiger partial charge in [-0.1, -0.05) is 30.3 Å². The predicted octanol–water partition coefficient (Wildman–Crippen LogP) is 4.74. The minimum Gasteiger partial charge on any atom is -0.350 e. The van der Waals surface area contributed by atoms with Crippen LogP contribution in [0.1, 0.15) is 37.5 Å². The van der Waals surface area contributed by atoms with Gasteiger partial charge in [0.15, 0.2) is 0 Å². The Morgan fingerprint density at radius 1 is 0.951 bits per heavy atom. The molecule has 41 heavy (non-hydrogen) atoms. The lowest BCUT2D eigenvalue weighted by molar-refractivity contribution is -0.137. The highest BCUT2D eigenvalue weighted by Gasteiger charge is 2.45. The lowest BCUT2D eigenvalue weighted by Crippen LogP contribution is -2.47. The first-order valence-electron chi connectivity index (χ1n) is 14.0. The Morgan fingerprint density at radius 3 is 2.46 bits per heavy atom. The van der Waals surface area contributed by atoms with Gasteiger partial charge < -0.3 is 19.3 Å². The van der Waals surface area contributed by atoms with Crippen molar-refractivity contribution in [2.75, 3.05) is 29.9 Å². The fraction of sp³-hybridized carbons (Fsp3) is 0.333. The number of aryl methyl sites for hydroxylation is 1. The summed E-state index contributed by atoms with van der Waals surface area (Å²) in [6, 6.07) is 17.8. The minimum atomic E-state index is -1.17. The topological polar surface area (TPSA) is 78.8 Å². The Morgan fingerprint density at radius 2 is 1.73 bits per heavy atom. The van der Waals surface area contributed by atoms with Gasteiger partial charge in [-0.05, 0) is 68.1 Å². The average Bonchev–Trinajstić information content (AvgIpc) is 3.28. The molecule has 0 aliphatic carbocycles. The maximum atomic E-state index is 13.9. The number of hydrogen-bond donors (Lipinski definition) is 0. The summed E-state index contributed by atoms with van der Waals surface area (Å²) in [4.78, 5) is 49.8. The molecule has 0 unspecified atom stereocenters. The largest absolute Gasteiger partial charge is 0.350 e. The van der Waals surface area contributed by atoms with Crippen LogP contribution in [0.3, 0.4) is 0 Å². The van der Waals surface area contributed by atoms with Crippen molar-refractivity contribution in [3.8, 4) is 0 Å². The molecule has 0 fully saturated rings. The van der Waals surface area contributed by atoms with Crippen LogP contribution < -0.4 is 9.80 Å². The molecule has 0 radical (unpaired) electrons. The standard InChI is InChI=1S/C33H37N5O3/c1-6-38-28-14-13-24(18-29(28)36(5)31(40)33(2,3)32(38)41)21-37(17-15-23-10-9-16-34-20-23)30(39)19-25-22-35(4)27-12-8-7-11-26(25)27/h7-14,16,18,20,22H,6,15,17,19,21H2,1-5H3. The van der Waals surface area contributed by atoms with Crippen molar-refractivity contribution in [2.24, 2.45) is 12.5 Å². The summed E-state index contributed by atoms with van der Waals surface area (Å²) in [6.07, 6.45) is 6.55. The Bertz CT molecular complexity index is 1610. The lowest BCUT2D eigenvalue weighted by atomic mass is 9.90. The maximum absolute atomic E-state index is 13.9. The smallest absolute Gasteiger partial charge is 0.242 e. The summed E-state index contributed by atoms with van der Waals surface area (Å²) in [6.45, 7) is 6.62. The van der Waals surface area contributed by atoms with E-state index >= 15 is 0 Å². The molecular weight excluding hydrogens is 514 g/mol. The highest BCUT2D eigenvalue weighted by atomic mass is 16.2. The quantitative estimate of drug-likeness (QED) is 0.296. The Balaban J connectivity index is 1.46. The zero-order chi connectivity index (χ0) is 29.3. The molecule has 8 nitrogen and oxygen atoms in total. The first kappa shape index (κ1) is 28.1. The Labute approximate surface area is 241 Å². The third-order valence-electron chi connectivity index (χ3n) is 8.07. The van der Waals surface area contributed by atoms with E-state index in [1.165, 1.54) is 0 Å². The second kappa shape index (κ2) is 11.2. The van der Waals surface area contributed by atoms with Crippen LogP contribution in [-0.4, -0.2) is 52.3 Å². The fourth-order valence-corrected chi connectivity index (χ4v) is 5.71. The number of rotatable bonds is 8. The molecule has 2 aromatic carbocycles. The van der Waals surface area contributed by atoms with Crippen LogP contribution in [0, 0.1) is 5.41 Å². The molecule has 212 valence electrons. The van der Waals surface area contributed by atoms with Crippen molar-refractivity contribution in [1.29, 1.82) is 0 Å². The van der Waals surface area contributed by atoms with Gasteiger partial charge in [0.05, 0.1) is 17.8 Å². The number of hydrogen-bond acceptors (Lipinski definition) is 4. The fourth-order valence-electron chi connectivity index (χ4n) is 5.71. The van der Waals surface area contributed by atoms with E-state index in [9.17, 15) is 14.4 Å². The normalized spacial score (nSPS) is 14.8. The highest BCUT2D eigenvalue weighted by molar-refractivity contribution is 6.19. The molecule has 2 aromatic heterocycles. The molecule has 4 aromatic rings. The molecule has 8 heteroatoms. The second-order valence-electron chi connectivity index (χ2n) is 11.2. The second-order valence-corrected chi connectivity index (χ2v) is 11.2. The third kappa shape index (κ3) is 5.34. The van der Waals surface area contributed by atoms with Crippen molar-refractivity contribution in [2.45, 2.75) is 40.2 Å². The molecule has 1 aliphatic heterocycles. The maximum Gasteiger partial charge on any atom is 0.242 e. The molecule has 1 aliphatic rings. The first-order chi connectivity index (χ1) is 19.6. The summed E-state index contributed by atoms with van der Waals surface area (Å²) in [7, 11) is 3.71. The number of benzene rings is 2. The molecular formula is C33H37N5O3. The Kier molecular flexibility index (Phi) is 7.67. The number of pyridine rings is 1. The van der Waals surface area contributed by atoms with Crippen LogP contribution in [0.25, 0.3) is 10.9 Å². The van der Waals surface area contributed by atoms with Crippen molar-refractivity contribution < 1.29 is 14.4 Å². The number of amides is 3. The summed E-state index contributed by atoms with van der Waals surface area (Å²) in [5.41, 5.74) is 4.23. The van der Waals surface area contributed by atoms with Gasteiger partial charge in [0.25, 0.3) is 0 Å². The SMILES string of the molecule is CCN1C(=O)C(C)(C)C(=O)N(C)c2cc(CN(CCc3cccnc3)C(=O)Cc3cn(C)c4ccccc34)ccc21. The zero-order valence-electron chi connectivity index (χ0n) is 24.4. The van der Waals surface area contributed by atoms with E-state index in [1.807, 2.05) is 73.7 Å². The number of anilines is 2. The highest BCUT2D eigenvalue weighted by Crippen LogP contribution is 2.39. The van der Waals surface area contributed by atoms with Gasteiger partial charge in [-0.3, -0.25) is 19.4 Å². The van der Waals surface area contributed by atoms with E-state index in [-0.39, 0.29) is 24.1 Å². The van der Waals surface area contributed by atoms with Crippen LogP contribution >= 0.6 is 0 Å². The number of nitrogens with zero attached hydrogens (tertiary/aromatic N) is 5. The van der Waals surface area contributed by atoms with Crippen molar-refractivity contribution >= 4 is 40.0 Å². The molecule has 3 amide bonds. The van der Waals surface area contributed by atoms with E-state index in [2.05, 4.69) is 21.7 Å². The molecule has 0 atom stereocenters. The van der Waals surface area contributed by atoms with E-state index < -0.39 is 5.41 Å². The Hall–Kier alpha value is -4.46. The van der Waals surface area contributed by atoms with E-state index in [0.29, 0.717) is 37.4 Å². The number of carbonyl (C=O) groups is 3. The molecule has 0 saturated carbocycles. The van der Waals surface area contributed by atoms with Crippen LogP contribution in [0.5, 0.6) is 0 Å². The molecule has 0 N–H and O–H groups in total. The zero-order valence-corrected chi connectivity index (χ0v) is 24.4. The van der Waals surface area contributed by atoms with Crippen LogP contribution in [0.2, 0.25) is 0 Å². The predicted molar refractivity (Wildman–Crippen MR) is 162 cm³/mol. The van der Waals surface area contributed by atoms with Crippen molar-refractivity contribution in [3.63, 3.8) is 0 Å². The summed E-state index contributed by atoms with van der Waals surface area (Å²) in [5, 5.41) is 1.08. The summed E-state index contributed by atoms with van der Waals surface area (Å²) >= 11 is 0. The molecule has 3 heterocycles. The van der Waals surface area contributed by atoms with E-state index in [4.69, 9.17) is 0 Å². The van der Waals surface area contributed by atoms with Gasteiger partial charge in [-0.2, -0.15) is 0 Å². The monoisotopic (exact) mass is 551 g/mol. The molecule has 0 spiro atoms. The van der Waals surface area contributed by atoms with Gasteiger partial charge in [0, 0.05) is 63.2 Å². The van der Waals surface area contributed by atoms with Crippen LogP contribution in [0.15, 0.2) is 73.2 Å². The van der Waals surface area contributed by atoms with Gasteiger partial charge in [0.1, 0.15) is 5.41 Å². The number of fused-ring (bicyclic) bond motifs is 2. The van der Waals surface area contributed by atoms with E-state index in [0.717, 1.165) is 27.6 Å². The summed E-state index contributed by atoms with van der Waals surface area (Å²) < 4.78 is 2.06. The van der Waals surface area contributed by atoms with Gasteiger partial charge >= 0.3 is 0 Å². The first-order valence-corrected chi connectivity index (χ1v) is 14.0. The number of aromatic nitrogens is 2. The van der Waals surface area contributed by atoms with Gasteiger partial charge in [0.2, 0.25) is 17.7 Å². The van der Waals surface area contributed by atoms with Gasteiger partial charge in [-0.25, -0.2) is 0 Å². The molecule has 0 bridgehead atoms. The van der Waals surface area contributed by atoms with Crippen molar-refractivity contribution in [1.82, 2.24) is 14.5 Å². The van der Waals surface area contributed by atoms with E-state index in [1.54, 1.807) is 36.9 Å². The summed E-state index contributed by atoms with van der Waals surface area (Å²) in [5.74, 6) is -0.444. The molecule has 5 rings (SSSR count). The minimum absolute atomic E-state index is 0.0242. The third-order valence-corrected chi connectivity index (χ3v) is 8.07. The van der Waals surface area contributed by atoms with Gasteiger partial charge in [-0.15, -0.1) is 0 Å². The molecule has 0 saturated heterocycles. The average molecular weight is 552 g/mol. The van der Waals surface area contributed by atoms with Crippen LogP contribution in [0.4, 0.5) is 11.4 Å². The number of para-hydroxylation sites is 1. The number of carbonyl (C=O) groups excluding carboxylic acids is 3. The van der Waals surface area contributed by atoms with Crippen molar-refractivity contribution in [3.05, 3.63) is 89.9 Å².